The summed E-state index contributed by atoms with van der Waals surface area (Å²) in [5.41, 5.74) is -0.338. The van der Waals surface area contributed by atoms with Crippen molar-refractivity contribution in [3.8, 4) is 6.07 Å². The molecule has 0 bridgehead atoms. The van der Waals surface area contributed by atoms with Gasteiger partial charge in [0.1, 0.15) is 11.9 Å². The second kappa shape index (κ2) is 3.56. The van der Waals surface area contributed by atoms with Gasteiger partial charge in [-0.15, -0.1) is 0 Å². The predicted octanol–water partition coefficient (Wildman–Crippen LogP) is 1.75. The lowest BCUT2D eigenvalue weighted by Crippen LogP contribution is -2.00. The summed E-state index contributed by atoms with van der Waals surface area (Å²) < 4.78 is 35.2. The van der Waals surface area contributed by atoms with E-state index in [-0.39, 0.29) is 15.5 Å². The Hall–Kier alpha value is -1.12. The molecule has 1 rings (SSSR count). The summed E-state index contributed by atoms with van der Waals surface area (Å²) in [6, 6.07) is 3.28. The molecular weight excluding hydrogens is 229 g/mol. The summed E-state index contributed by atoms with van der Waals surface area (Å²) in [6.07, 6.45) is 0.938. The van der Waals surface area contributed by atoms with Crippen LogP contribution in [-0.4, -0.2) is 14.7 Å². The van der Waals surface area contributed by atoms with Crippen molar-refractivity contribution < 1.29 is 12.8 Å². The Bertz CT molecular complexity index is 519. The van der Waals surface area contributed by atoms with E-state index in [2.05, 4.69) is 0 Å². The minimum atomic E-state index is -3.53. The van der Waals surface area contributed by atoms with Gasteiger partial charge >= 0.3 is 0 Å². The summed E-state index contributed by atoms with van der Waals surface area (Å²) in [7, 11) is -3.53. The highest BCUT2D eigenvalue weighted by Gasteiger charge is 2.15. The fourth-order valence-corrected chi connectivity index (χ4v) is 2.21. The zero-order chi connectivity index (χ0) is 10.9. The van der Waals surface area contributed by atoms with E-state index in [0.29, 0.717) is 0 Å². The van der Waals surface area contributed by atoms with Crippen LogP contribution >= 0.6 is 11.6 Å². The Morgan fingerprint density at radius 1 is 1.50 bits per heavy atom. The molecule has 0 unspecified atom stereocenters. The van der Waals surface area contributed by atoms with Gasteiger partial charge in [-0.2, -0.15) is 5.26 Å². The lowest BCUT2D eigenvalue weighted by molar-refractivity contribution is 0.600. The van der Waals surface area contributed by atoms with Gasteiger partial charge in [-0.1, -0.05) is 11.6 Å². The zero-order valence-corrected chi connectivity index (χ0v) is 8.66. The van der Waals surface area contributed by atoms with Crippen molar-refractivity contribution in [2.75, 3.05) is 6.26 Å². The molecule has 0 saturated heterocycles. The molecule has 0 atom stereocenters. The summed E-state index contributed by atoms with van der Waals surface area (Å²) in [6.45, 7) is 0. The van der Waals surface area contributed by atoms with Gasteiger partial charge in [0.05, 0.1) is 15.5 Å². The van der Waals surface area contributed by atoms with E-state index < -0.39 is 15.7 Å². The molecule has 74 valence electrons. The topological polar surface area (TPSA) is 57.9 Å². The molecule has 3 nitrogen and oxygen atoms in total. The predicted molar refractivity (Wildman–Crippen MR) is 49.2 cm³/mol. The van der Waals surface area contributed by atoms with Crippen molar-refractivity contribution in [2.24, 2.45) is 0 Å². The van der Waals surface area contributed by atoms with Gasteiger partial charge in [-0.3, -0.25) is 0 Å². The quantitative estimate of drug-likeness (QED) is 0.695. The van der Waals surface area contributed by atoms with Gasteiger partial charge in [0.15, 0.2) is 9.84 Å². The monoisotopic (exact) mass is 233 g/mol. The van der Waals surface area contributed by atoms with E-state index in [0.717, 1.165) is 18.4 Å². The van der Waals surface area contributed by atoms with Crippen LogP contribution in [0, 0.1) is 17.1 Å². The molecule has 0 amide bonds. The summed E-state index contributed by atoms with van der Waals surface area (Å²) >= 11 is 5.51. The van der Waals surface area contributed by atoms with Crippen molar-refractivity contribution in [1.82, 2.24) is 0 Å². The molecule has 1 aromatic rings. The minimum Gasteiger partial charge on any atom is -0.224 e. The third-order valence-corrected chi connectivity index (χ3v) is 3.10. The Morgan fingerprint density at radius 2 is 2.07 bits per heavy atom. The van der Waals surface area contributed by atoms with Gasteiger partial charge in [0, 0.05) is 6.26 Å². The molecule has 0 saturated carbocycles. The number of halogens is 2. The maximum atomic E-state index is 12.9. The first-order chi connectivity index (χ1) is 6.36. The van der Waals surface area contributed by atoms with Crippen LogP contribution in [0.2, 0.25) is 5.02 Å². The van der Waals surface area contributed by atoms with E-state index in [1.807, 2.05) is 0 Å². The lowest BCUT2D eigenvalue weighted by Gasteiger charge is -2.02. The van der Waals surface area contributed by atoms with Gasteiger partial charge in [0.25, 0.3) is 0 Å². The van der Waals surface area contributed by atoms with Crippen LogP contribution in [0.1, 0.15) is 5.56 Å². The molecule has 0 heterocycles. The Morgan fingerprint density at radius 3 is 2.50 bits per heavy atom. The van der Waals surface area contributed by atoms with Crippen LogP contribution in [0.5, 0.6) is 0 Å². The number of rotatable bonds is 1. The molecule has 0 fully saturated rings. The molecule has 0 N–H and O–H groups in total. The van der Waals surface area contributed by atoms with E-state index >= 15 is 0 Å². The largest absolute Gasteiger partial charge is 0.224 e. The summed E-state index contributed by atoms with van der Waals surface area (Å²) in [4.78, 5) is -0.239. The molecule has 0 aliphatic heterocycles. The number of sulfone groups is 1. The third kappa shape index (κ3) is 2.03. The second-order valence-corrected chi connectivity index (χ2v) is 5.04. The molecule has 1 aromatic carbocycles. The molecular formula is C8H5ClFNO2S. The molecule has 14 heavy (non-hydrogen) atoms. The molecule has 0 spiro atoms. The van der Waals surface area contributed by atoms with E-state index in [9.17, 15) is 12.8 Å². The van der Waals surface area contributed by atoms with E-state index in [1.165, 1.54) is 6.07 Å². The van der Waals surface area contributed by atoms with Gasteiger partial charge in [-0.25, -0.2) is 12.8 Å². The van der Waals surface area contributed by atoms with Crippen LogP contribution in [-0.2, 0) is 9.84 Å². The normalized spacial score (nSPS) is 11.0. The molecule has 0 aliphatic carbocycles. The molecule has 0 aromatic heterocycles. The van der Waals surface area contributed by atoms with Crippen molar-refractivity contribution >= 4 is 21.4 Å². The van der Waals surface area contributed by atoms with Crippen LogP contribution < -0.4 is 0 Å². The number of nitriles is 1. The SMILES string of the molecule is CS(=O)(=O)c1cc(C#N)c(F)cc1Cl. The first-order valence-corrected chi connectivity index (χ1v) is 5.72. The lowest BCUT2D eigenvalue weighted by atomic mass is 10.2. The Balaban J connectivity index is 3.58. The van der Waals surface area contributed by atoms with E-state index in [4.69, 9.17) is 16.9 Å². The van der Waals surface area contributed by atoms with Crippen molar-refractivity contribution in [2.45, 2.75) is 4.90 Å². The summed E-state index contributed by atoms with van der Waals surface area (Å²) in [5, 5.41) is 8.25. The standard InChI is InChI=1S/C8H5ClFNO2S/c1-14(12,13)8-2-5(4-11)7(10)3-6(8)9/h2-3H,1H3. The first kappa shape index (κ1) is 11.0. The fourth-order valence-electron chi connectivity index (χ4n) is 0.899. The Kier molecular flexibility index (Phi) is 2.79. The van der Waals surface area contributed by atoms with Crippen LogP contribution in [0.4, 0.5) is 4.39 Å². The average Bonchev–Trinajstić information content (AvgIpc) is 2.02. The summed E-state index contributed by atoms with van der Waals surface area (Å²) in [5.74, 6) is -0.829. The highest BCUT2D eigenvalue weighted by molar-refractivity contribution is 7.90. The number of benzene rings is 1. The average molecular weight is 234 g/mol. The van der Waals surface area contributed by atoms with Crippen LogP contribution in [0.25, 0.3) is 0 Å². The number of hydrogen-bond donors (Lipinski definition) is 0. The highest BCUT2D eigenvalue weighted by Crippen LogP contribution is 2.24. The van der Waals surface area contributed by atoms with Crippen molar-refractivity contribution in [3.05, 3.63) is 28.5 Å². The van der Waals surface area contributed by atoms with Gasteiger partial charge < -0.3 is 0 Å². The minimum absolute atomic E-state index is 0.219. The zero-order valence-electron chi connectivity index (χ0n) is 7.08. The Labute approximate surface area is 85.6 Å². The highest BCUT2D eigenvalue weighted by atomic mass is 35.5. The van der Waals surface area contributed by atoms with Gasteiger partial charge in [-0.05, 0) is 12.1 Å². The fraction of sp³-hybridized carbons (Fsp3) is 0.125. The van der Waals surface area contributed by atoms with Gasteiger partial charge in [0.2, 0.25) is 0 Å². The van der Waals surface area contributed by atoms with Crippen molar-refractivity contribution in [3.63, 3.8) is 0 Å². The van der Waals surface area contributed by atoms with Crippen molar-refractivity contribution in [1.29, 1.82) is 5.26 Å². The molecule has 0 aliphatic rings. The van der Waals surface area contributed by atoms with Crippen LogP contribution in [0.15, 0.2) is 17.0 Å². The molecule has 0 radical (unpaired) electrons. The number of hydrogen-bond acceptors (Lipinski definition) is 3. The smallest absolute Gasteiger partial charge is 0.177 e. The molecule has 6 heteroatoms. The van der Waals surface area contributed by atoms with E-state index in [1.54, 1.807) is 0 Å². The second-order valence-electron chi connectivity index (χ2n) is 2.65. The maximum Gasteiger partial charge on any atom is 0.177 e. The first-order valence-electron chi connectivity index (χ1n) is 3.45. The van der Waals surface area contributed by atoms with Crippen LogP contribution in [0.3, 0.4) is 0 Å². The number of nitrogens with zero attached hydrogens (tertiary/aromatic N) is 1. The maximum absolute atomic E-state index is 12.9. The third-order valence-electron chi connectivity index (χ3n) is 1.54.